The van der Waals surface area contributed by atoms with Crippen LogP contribution in [0.4, 0.5) is 5.69 Å². The Morgan fingerprint density at radius 3 is 2.75 bits per heavy atom. The van der Waals surface area contributed by atoms with Crippen molar-refractivity contribution in [1.82, 2.24) is 14.7 Å². The molecule has 0 atom stereocenters. The van der Waals surface area contributed by atoms with Crippen LogP contribution in [-0.4, -0.2) is 44.9 Å². The van der Waals surface area contributed by atoms with Gasteiger partial charge in [0, 0.05) is 19.6 Å². The fourth-order valence-corrected chi connectivity index (χ4v) is 1.82. The molecule has 2 rings (SSSR count). The Labute approximate surface area is 93.6 Å². The summed E-state index contributed by atoms with van der Waals surface area (Å²) in [6, 6.07) is 0. The normalized spacial score (nSPS) is 16.3. The number of nitrogens with zero attached hydrogens (tertiary/aromatic N) is 3. The van der Waals surface area contributed by atoms with Crippen molar-refractivity contribution < 1.29 is 9.90 Å². The van der Waals surface area contributed by atoms with Gasteiger partial charge in [0.05, 0.1) is 17.5 Å². The lowest BCUT2D eigenvalue weighted by Gasteiger charge is -2.35. The van der Waals surface area contributed by atoms with Gasteiger partial charge < -0.3 is 15.7 Å². The Morgan fingerprint density at radius 1 is 1.62 bits per heavy atom. The van der Waals surface area contributed by atoms with Crippen LogP contribution in [0.3, 0.4) is 0 Å². The number of nitrogen functional groups attached to an aromatic ring is 1. The first-order valence-corrected chi connectivity index (χ1v) is 5.34. The first kappa shape index (κ1) is 10.9. The minimum absolute atomic E-state index is 0.148. The third-order valence-corrected chi connectivity index (χ3v) is 2.83. The van der Waals surface area contributed by atoms with Crippen molar-refractivity contribution in [2.45, 2.75) is 26.5 Å². The number of anilines is 1. The van der Waals surface area contributed by atoms with Gasteiger partial charge in [-0.3, -0.25) is 9.48 Å². The summed E-state index contributed by atoms with van der Waals surface area (Å²) in [4.78, 5) is 13.6. The highest BCUT2D eigenvalue weighted by Gasteiger charge is 2.32. The third-order valence-electron chi connectivity index (χ3n) is 2.83. The average molecular weight is 224 g/mol. The second-order valence-corrected chi connectivity index (χ2v) is 4.03. The zero-order valence-corrected chi connectivity index (χ0v) is 9.47. The molecule has 0 spiro atoms. The molecule has 1 aliphatic rings. The van der Waals surface area contributed by atoms with E-state index in [4.69, 9.17) is 10.8 Å². The molecule has 0 aromatic carbocycles. The SMILES string of the molecule is CCn1nc(C)c(N)c1C(=O)N1CC(O)C1. The summed E-state index contributed by atoms with van der Waals surface area (Å²) in [5, 5.41) is 13.4. The number of carbonyl (C=O) groups is 1. The van der Waals surface area contributed by atoms with E-state index >= 15 is 0 Å². The number of aryl methyl sites for hydroxylation is 2. The van der Waals surface area contributed by atoms with Gasteiger partial charge in [-0.15, -0.1) is 0 Å². The maximum Gasteiger partial charge on any atom is 0.274 e. The molecule has 1 fully saturated rings. The number of likely N-dealkylation sites (tertiary alicyclic amines) is 1. The number of rotatable bonds is 2. The number of carbonyl (C=O) groups excluding carboxylic acids is 1. The molecular formula is C10H16N4O2. The van der Waals surface area contributed by atoms with Gasteiger partial charge in [0.15, 0.2) is 0 Å². The van der Waals surface area contributed by atoms with Gasteiger partial charge in [-0.05, 0) is 13.8 Å². The fourth-order valence-electron chi connectivity index (χ4n) is 1.82. The van der Waals surface area contributed by atoms with Crippen LogP contribution in [0.1, 0.15) is 23.1 Å². The number of aliphatic hydroxyl groups excluding tert-OH is 1. The van der Waals surface area contributed by atoms with Crippen molar-refractivity contribution in [2.75, 3.05) is 18.8 Å². The second-order valence-electron chi connectivity index (χ2n) is 4.03. The summed E-state index contributed by atoms with van der Waals surface area (Å²) in [5.41, 5.74) is 7.39. The maximum atomic E-state index is 12.1. The molecule has 3 N–H and O–H groups in total. The summed E-state index contributed by atoms with van der Waals surface area (Å²) >= 11 is 0. The predicted molar refractivity (Wildman–Crippen MR) is 59.0 cm³/mol. The molecule has 1 aromatic heterocycles. The van der Waals surface area contributed by atoms with Gasteiger partial charge in [-0.1, -0.05) is 0 Å². The smallest absolute Gasteiger partial charge is 0.274 e. The number of β-amino-alcohol motifs (C(OH)–C–C–N with tert-alkyl or cyclic N) is 1. The first-order chi connectivity index (χ1) is 7.54. The molecule has 1 aliphatic heterocycles. The molecule has 1 aromatic rings. The first-order valence-electron chi connectivity index (χ1n) is 5.34. The van der Waals surface area contributed by atoms with Crippen molar-refractivity contribution >= 4 is 11.6 Å². The minimum atomic E-state index is -0.399. The van der Waals surface area contributed by atoms with E-state index in [0.29, 0.717) is 36.7 Å². The van der Waals surface area contributed by atoms with Crippen molar-refractivity contribution in [3.8, 4) is 0 Å². The third kappa shape index (κ3) is 1.55. The van der Waals surface area contributed by atoms with E-state index in [9.17, 15) is 4.79 Å². The van der Waals surface area contributed by atoms with E-state index in [-0.39, 0.29) is 5.91 Å². The zero-order valence-electron chi connectivity index (χ0n) is 9.47. The highest BCUT2D eigenvalue weighted by molar-refractivity contribution is 5.98. The van der Waals surface area contributed by atoms with E-state index in [1.54, 1.807) is 16.5 Å². The zero-order chi connectivity index (χ0) is 11.9. The van der Waals surface area contributed by atoms with Crippen LogP contribution in [-0.2, 0) is 6.54 Å². The van der Waals surface area contributed by atoms with E-state index in [2.05, 4.69) is 5.10 Å². The van der Waals surface area contributed by atoms with Crippen LogP contribution in [0.5, 0.6) is 0 Å². The summed E-state index contributed by atoms with van der Waals surface area (Å²) in [7, 11) is 0. The van der Waals surface area contributed by atoms with Crippen LogP contribution in [0.15, 0.2) is 0 Å². The lowest BCUT2D eigenvalue weighted by Crippen LogP contribution is -2.54. The molecule has 0 aliphatic carbocycles. The molecule has 6 nitrogen and oxygen atoms in total. The van der Waals surface area contributed by atoms with E-state index in [1.165, 1.54) is 0 Å². The molecule has 88 valence electrons. The molecule has 6 heteroatoms. The molecule has 16 heavy (non-hydrogen) atoms. The summed E-state index contributed by atoms with van der Waals surface area (Å²) in [6.07, 6.45) is -0.399. The van der Waals surface area contributed by atoms with E-state index in [0.717, 1.165) is 0 Å². The molecular weight excluding hydrogens is 208 g/mol. The summed E-state index contributed by atoms with van der Waals surface area (Å²) in [5.74, 6) is -0.148. The van der Waals surface area contributed by atoms with Gasteiger partial charge in [0.1, 0.15) is 5.69 Å². The predicted octanol–water partition coefficient (Wildman–Crippen LogP) is -0.390. The summed E-state index contributed by atoms with van der Waals surface area (Å²) in [6.45, 7) is 5.06. The Morgan fingerprint density at radius 2 is 2.25 bits per heavy atom. The Balaban J connectivity index is 2.28. The molecule has 2 heterocycles. The average Bonchev–Trinajstić information content (AvgIpc) is 2.50. The number of amides is 1. The standard InChI is InChI=1S/C10H16N4O2/c1-3-14-9(8(11)6(2)12-14)10(16)13-4-7(15)5-13/h7,15H,3-5,11H2,1-2H3. The van der Waals surface area contributed by atoms with Crippen molar-refractivity contribution in [2.24, 2.45) is 0 Å². The fraction of sp³-hybridized carbons (Fsp3) is 0.600. The number of aromatic nitrogens is 2. The number of hydrogen-bond acceptors (Lipinski definition) is 4. The Kier molecular flexibility index (Phi) is 2.59. The van der Waals surface area contributed by atoms with E-state index < -0.39 is 6.10 Å². The highest BCUT2D eigenvalue weighted by Crippen LogP contribution is 2.21. The topological polar surface area (TPSA) is 84.4 Å². The van der Waals surface area contributed by atoms with Crippen LogP contribution in [0, 0.1) is 6.92 Å². The lowest BCUT2D eigenvalue weighted by atomic mass is 10.1. The molecule has 1 saturated heterocycles. The summed E-state index contributed by atoms with van der Waals surface area (Å²) < 4.78 is 1.61. The quantitative estimate of drug-likeness (QED) is 0.716. The van der Waals surface area contributed by atoms with Crippen molar-refractivity contribution in [1.29, 1.82) is 0 Å². The monoisotopic (exact) mass is 224 g/mol. The van der Waals surface area contributed by atoms with Gasteiger partial charge in [-0.2, -0.15) is 5.10 Å². The van der Waals surface area contributed by atoms with Crippen LogP contribution in [0.25, 0.3) is 0 Å². The van der Waals surface area contributed by atoms with Crippen LogP contribution >= 0.6 is 0 Å². The van der Waals surface area contributed by atoms with Crippen molar-refractivity contribution in [3.05, 3.63) is 11.4 Å². The van der Waals surface area contributed by atoms with Gasteiger partial charge in [0.2, 0.25) is 0 Å². The van der Waals surface area contributed by atoms with Crippen LogP contribution < -0.4 is 5.73 Å². The Hall–Kier alpha value is -1.56. The molecule has 1 amide bonds. The molecule has 0 unspecified atom stereocenters. The largest absolute Gasteiger partial charge is 0.395 e. The molecule has 0 bridgehead atoms. The number of hydrogen-bond donors (Lipinski definition) is 2. The number of nitrogens with two attached hydrogens (primary N) is 1. The highest BCUT2D eigenvalue weighted by atomic mass is 16.3. The maximum absolute atomic E-state index is 12.1. The second kappa shape index (κ2) is 3.79. The van der Waals surface area contributed by atoms with Crippen molar-refractivity contribution in [3.63, 3.8) is 0 Å². The van der Waals surface area contributed by atoms with Gasteiger partial charge >= 0.3 is 0 Å². The van der Waals surface area contributed by atoms with Gasteiger partial charge in [-0.25, -0.2) is 0 Å². The van der Waals surface area contributed by atoms with E-state index in [1.807, 2.05) is 6.92 Å². The minimum Gasteiger partial charge on any atom is -0.395 e. The van der Waals surface area contributed by atoms with Gasteiger partial charge in [0.25, 0.3) is 5.91 Å². The number of aliphatic hydroxyl groups is 1. The Bertz CT molecular complexity index is 421. The van der Waals surface area contributed by atoms with Crippen LogP contribution in [0.2, 0.25) is 0 Å². The molecule has 0 radical (unpaired) electrons. The lowest BCUT2D eigenvalue weighted by molar-refractivity contribution is 0.00517. The molecule has 0 saturated carbocycles.